The molecule has 8 heteroatoms. The van der Waals surface area contributed by atoms with Crippen LogP contribution in [0.25, 0.3) is 11.3 Å². The maximum Gasteiger partial charge on any atom is 0.180 e. The summed E-state index contributed by atoms with van der Waals surface area (Å²) in [6.07, 6.45) is 3.85. The van der Waals surface area contributed by atoms with E-state index in [4.69, 9.17) is 33.7 Å². The van der Waals surface area contributed by atoms with E-state index in [9.17, 15) is 0 Å². The van der Waals surface area contributed by atoms with Gasteiger partial charge in [0.1, 0.15) is 11.2 Å². The standard InChI is InChI=1S/C20H17BrCl2N4O/c1-12-19(21)27-9-3-5-17(20(27)25-12)28-11-14-15(22)6-7-16(18(14)23)26-8-2-4-13(26)10-24/h2-9H,10-11,24H2,1H3. The lowest BCUT2D eigenvalue weighted by atomic mass is 10.2. The Morgan fingerprint density at radius 2 is 1.93 bits per heavy atom. The minimum Gasteiger partial charge on any atom is -0.485 e. The van der Waals surface area contributed by atoms with Crippen molar-refractivity contribution in [1.82, 2.24) is 14.0 Å². The van der Waals surface area contributed by atoms with E-state index in [1.54, 1.807) is 0 Å². The van der Waals surface area contributed by atoms with Crippen LogP contribution in [0.4, 0.5) is 0 Å². The monoisotopic (exact) mass is 478 g/mol. The molecule has 0 atom stereocenters. The van der Waals surface area contributed by atoms with Gasteiger partial charge in [-0.2, -0.15) is 0 Å². The highest BCUT2D eigenvalue weighted by Crippen LogP contribution is 2.33. The van der Waals surface area contributed by atoms with Gasteiger partial charge in [0.15, 0.2) is 11.4 Å². The molecule has 0 bridgehead atoms. The maximum atomic E-state index is 6.69. The Bertz CT molecular complexity index is 1170. The van der Waals surface area contributed by atoms with Crippen LogP contribution >= 0.6 is 39.1 Å². The zero-order valence-corrected chi connectivity index (χ0v) is 18.1. The molecule has 0 aliphatic heterocycles. The van der Waals surface area contributed by atoms with E-state index in [1.807, 2.05) is 64.7 Å². The van der Waals surface area contributed by atoms with E-state index in [1.165, 1.54) is 0 Å². The number of benzene rings is 1. The average molecular weight is 480 g/mol. The molecule has 5 nitrogen and oxygen atoms in total. The van der Waals surface area contributed by atoms with E-state index in [-0.39, 0.29) is 6.61 Å². The molecule has 0 saturated heterocycles. The normalized spacial score (nSPS) is 11.3. The number of aromatic nitrogens is 3. The van der Waals surface area contributed by atoms with Gasteiger partial charge in [0.2, 0.25) is 0 Å². The molecule has 0 unspecified atom stereocenters. The Hall–Kier alpha value is -1.99. The second kappa shape index (κ2) is 7.79. The van der Waals surface area contributed by atoms with Crippen molar-refractivity contribution in [2.45, 2.75) is 20.1 Å². The molecule has 0 fully saturated rings. The molecule has 3 aromatic heterocycles. The van der Waals surface area contributed by atoms with Gasteiger partial charge in [-0.1, -0.05) is 23.2 Å². The number of pyridine rings is 1. The molecule has 0 spiro atoms. The summed E-state index contributed by atoms with van der Waals surface area (Å²) in [4.78, 5) is 4.56. The van der Waals surface area contributed by atoms with Crippen LogP contribution < -0.4 is 10.5 Å². The van der Waals surface area contributed by atoms with Gasteiger partial charge in [-0.25, -0.2) is 4.98 Å². The zero-order valence-electron chi connectivity index (χ0n) is 15.0. The van der Waals surface area contributed by atoms with Gasteiger partial charge < -0.3 is 15.0 Å². The Morgan fingerprint density at radius 3 is 2.71 bits per heavy atom. The second-order valence-corrected chi connectivity index (χ2v) is 7.81. The number of halogens is 3. The van der Waals surface area contributed by atoms with Crippen LogP contribution in [0.15, 0.2) is 53.4 Å². The van der Waals surface area contributed by atoms with Gasteiger partial charge in [-0.05, 0) is 59.3 Å². The van der Waals surface area contributed by atoms with Crippen LogP contribution in [0.3, 0.4) is 0 Å². The lowest BCUT2D eigenvalue weighted by molar-refractivity contribution is 0.308. The van der Waals surface area contributed by atoms with E-state index >= 15 is 0 Å². The van der Waals surface area contributed by atoms with Crippen molar-refractivity contribution < 1.29 is 4.74 Å². The topological polar surface area (TPSA) is 57.5 Å². The maximum absolute atomic E-state index is 6.69. The van der Waals surface area contributed by atoms with E-state index < -0.39 is 0 Å². The number of fused-ring (bicyclic) bond motifs is 1. The summed E-state index contributed by atoms with van der Waals surface area (Å²) >= 11 is 16.7. The van der Waals surface area contributed by atoms with Crippen molar-refractivity contribution in [2.75, 3.05) is 0 Å². The van der Waals surface area contributed by atoms with Crippen molar-refractivity contribution in [3.63, 3.8) is 0 Å². The van der Waals surface area contributed by atoms with E-state index in [2.05, 4.69) is 20.9 Å². The van der Waals surface area contributed by atoms with Crippen LogP contribution in [0.5, 0.6) is 5.75 Å². The van der Waals surface area contributed by atoms with E-state index in [0.717, 1.165) is 27.3 Å². The predicted molar refractivity (Wildman–Crippen MR) is 116 cm³/mol. The number of rotatable bonds is 5. The lowest BCUT2D eigenvalue weighted by Crippen LogP contribution is -2.07. The van der Waals surface area contributed by atoms with Gasteiger partial charge in [0.25, 0.3) is 0 Å². The van der Waals surface area contributed by atoms with Gasteiger partial charge >= 0.3 is 0 Å². The van der Waals surface area contributed by atoms with Crippen molar-refractivity contribution in [3.8, 4) is 11.4 Å². The summed E-state index contributed by atoms with van der Waals surface area (Å²) in [7, 11) is 0. The summed E-state index contributed by atoms with van der Waals surface area (Å²) in [5, 5.41) is 1.08. The van der Waals surface area contributed by atoms with Crippen molar-refractivity contribution >= 4 is 44.8 Å². The van der Waals surface area contributed by atoms with Crippen LogP contribution in [-0.2, 0) is 13.2 Å². The third-order valence-corrected chi connectivity index (χ3v) is 6.29. The highest BCUT2D eigenvalue weighted by molar-refractivity contribution is 9.10. The molecule has 4 rings (SSSR count). The molecular weight excluding hydrogens is 463 g/mol. The first-order valence-electron chi connectivity index (χ1n) is 8.60. The Labute approximate surface area is 180 Å². The molecule has 0 aliphatic rings. The highest BCUT2D eigenvalue weighted by atomic mass is 79.9. The number of hydrogen-bond donors (Lipinski definition) is 1. The Morgan fingerprint density at radius 1 is 1.14 bits per heavy atom. The first kappa shape index (κ1) is 19.3. The lowest BCUT2D eigenvalue weighted by Gasteiger charge is -2.15. The van der Waals surface area contributed by atoms with Crippen molar-refractivity contribution in [1.29, 1.82) is 0 Å². The molecule has 28 heavy (non-hydrogen) atoms. The molecule has 4 aromatic rings. The summed E-state index contributed by atoms with van der Waals surface area (Å²) in [6, 6.07) is 11.4. The average Bonchev–Trinajstić information content (AvgIpc) is 3.27. The van der Waals surface area contributed by atoms with Crippen LogP contribution in [0.2, 0.25) is 10.0 Å². The Kier molecular flexibility index (Phi) is 5.38. The van der Waals surface area contributed by atoms with Crippen molar-refractivity contribution in [3.05, 3.63) is 80.4 Å². The molecule has 0 amide bonds. The summed E-state index contributed by atoms with van der Waals surface area (Å²) in [6.45, 7) is 2.56. The van der Waals surface area contributed by atoms with Crippen LogP contribution in [0, 0.1) is 6.92 Å². The summed E-state index contributed by atoms with van der Waals surface area (Å²) in [5.74, 6) is 0.650. The molecular formula is C20H17BrCl2N4O. The molecule has 1 aromatic carbocycles. The largest absolute Gasteiger partial charge is 0.485 e. The predicted octanol–water partition coefficient (Wildman–Crippen LogP) is 5.54. The highest BCUT2D eigenvalue weighted by Gasteiger charge is 2.16. The zero-order chi connectivity index (χ0) is 19.8. The smallest absolute Gasteiger partial charge is 0.180 e. The van der Waals surface area contributed by atoms with Gasteiger partial charge in [0, 0.05) is 35.2 Å². The first-order chi connectivity index (χ1) is 13.5. The molecule has 0 saturated carbocycles. The SMILES string of the molecule is Cc1nc2c(OCc3c(Cl)ccc(-n4cccc4CN)c3Cl)cccn2c1Br. The quantitative estimate of drug-likeness (QED) is 0.408. The number of imidazole rings is 1. The molecule has 2 N–H and O–H groups in total. The number of nitrogens with zero attached hydrogens (tertiary/aromatic N) is 3. The van der Waals surface area contributed by atoms with Gasteiger partial charge in [-0.15, -0.1) is 0 Å². The fourth-order valence-electron chi connectivity index (χ4n) is 3.11. The first-order valence-corrected chi connectivity index (χ1v) is 10.2. The third-order valence-electron chi connectivity index (χ3n) is 4.55. The fourth-order valence-corrected chi connectivity index (χ4v) is 4.06. The molecule has 0 radical (unpaired) electrons. The minimum absolute atomic E-state index is 0.216. The number of nitrogens with two attached hydrogens (primary N) is 1. The summed E-state index contributed by atoms with van der Waals surface area (Å²) < 4.78 is 10.8. The number of hydrogen-bond acceptors (Lipinski definition) is 3. The fraction of sp³-hybridized carbons (Fsp3) is 0.150. The van der Waals surface area contributed by atoms with Gasteiger partial charge in [-0.3, -0.25) is 4.40 Å². The third kappa shape index (κ3) is 3.31. The summed E-state index contributed by atoms with van der Waals surface area (Å²) in [5.41, 5.74) is 9.92. The van der Waals surface area contributed by atoms with Crippen LogP contribution in [-0.4, -0.2) is 14.0 Å². The van der Waals surface area contributed by atoms with Crippen LogP contribution in [0.1, 0.15) is 17.0 Å². The molecule has 3 heterocycles. The van der Waals surface area contributed by atoms with E-state index in [0.29, 0.717) is 27.9 Å². The number of ether oxygens (including phenoxy) is 1. The minimum atomic E-state index is 0.216. The Balaban J connectivity index is 1.70. The molecule has 144 valence electrons. The molecule has 0 aliphatic carbocycles. The number of aryl methyl sites for hydroxylation is 1. The van der Waals surface area contributed by atoms with Crippen molar-refractivity contribution in [2.24, 2.45) is 5.73 Å². The van der Waals surface area contributed by atoms with Gasteiger partial charge in [0.05, 0.1) is 16.4 Å². The second-order valence-electron chi connectivity index (χ2n) is 6.28.